The molecular weight excluding hydrogens is 142 g/mol. The number of hydrogen-bond acceptors (Lipinski definition) is 3. The van der Waals surface area contributed by atoms with Crippen LogP contribution in [-0.2, 0) is 9.53 Å². The molecule has 2 N–H and O–H groups in total. The zero-order chi connectivity index (χ0) is 8.27. The highest BCUT2D eigenvalue weighted by Crippen LogP contribution is 2.36. The van der Waals surface area contributed by atoms with Crippen LogP contribution in [0.25, 0.3) is 0 Å². The molecule has 0 amide bonds. The molecule has 3 heteroatoms. The quantitative estimate of drug-likeness (QED) is 0.608. The van der Waals surface area contributed by atoms with Crippen molar-refractivity contribution in [2.45, 2.75) is 19.3 Å². The van der Waals surface area contributed by atoms with Crippen LogP contribution in [0.5, 0.6) is 0 Å². The van der Waals surface area contributed by atoms with Crippen molar-refractivity contribution in [3.05, 3.63) is 0 Å². The smallest absolute Gasteiger partial charge is 0.308 e. The lowest BCUT2D eigenvalue weighted by Crippen LogP contribution is -2.32. The molecule has 0 heterocycles. The summed E-state index contributed by atoms with van der Waals surface area (Å²) in [4.78, 5) is 10.9. The third-order valence-electron chi connectivity index (χ3n) is 2.35. The molecule has 0 saturated heterocycles. The maximum Gasteiger partial charge on any atom is 0.308 e. The van der Waals surface area contributed by atoms with E-state index in [1.807, 2.05) is 0 Å². The molecule has 3 nitrogen and oxygen atoms in total. The number of carbonyl (C=O) groups is 1. The molecular formula is C8H15NO2. The van der Waals surface area contributed by atoms with E-state index >= 15 is 0 Å². The molecule has 0 bridgehead atoms. The maximum atomic E-state index is 10.9. The molecule has 1 aliphatic rings. The van der Waals surface area contributed by atoms with Crippen LogP contribution in [-0.4, -0.2) is 19.6 Å². The summed E-state index contributed by atoms with van der Waals surface area (Å²) in [5.41, 5.74) is 5.38. The Hall–Kier alpha value is -0.570. The number of methoxy groups -OCH3 is 1. The first-order valence-corrected chi connectivity index (χ1v) is 4.05. The fourth-order valence-electron chi connectivity index (χ4n) is 1.57. The highest BCUT2D eigenvalue weighted by Gasteiger charge is 2.34. The van der Waals surface area contributed by atoms with E-state index in [1.54, 1.807) is 0 Å². The van der Waals surface area contributed by atoms with Crippen molar-refractivity contribution in [3.8, 4) is 0 Å². The van der Waals surface area contributed by atoms with Gasteiger partial charge in [0.05, 0.1) is 13.0 Å². The van der Waals surface area contributed by atoms with E-state index in [2.05, 4.69) is 4.74 Å². The van der Waals surface area contributed by atoms with Gasteiger partial charge < -0.3 is 10.5 Å². The zero-order valence-electron chi connectivity index (χ0n) is 6.88. The van der Waals surface area contributed by atoms with Crippen molar-refractivity contribution in [2.75, 3.05) is 13.7 Å². The van der Waals surface area contributed by atoms with Gasteiger partial charge in [-0.2, -0.15) is 0 Å². The summed E-state index contributed by atoms with van der Waals surface area (Å²) in [6.07, 6.45) is 3.00. The minimum absolute atomic E-state index is 0.0572. The summed E-state index contributed by atoms with van der Waals surface area (Å²) in [5.74, 6) is 0.777. The van der Waals surface area contributed by atoms with Crippen LogP contribution in [0.1, 0.15) is 19.3 Å². The molecule has 0 aliphatic heterocycles. The van der Waals surface area contributed by atoms with Crippen molar-refractivity contribution in [1.29, 1.82) is 0 Å². The van der Waals surface area contributed by atoms with Crippen molar-refractivity contribution in [3.63, 3.8) is 0 Å². The minimum Gasteiger partial charge on any atom is -0.469 e. The molecule has 0 atom stereocenters. The maximum absolute atomic E-state index is 10.9. The van der Waals surface area contributed by atoms with Gasteiger partial charge in [-0.05, 0) is 31.7 Å². The molecule has 0 unspecified atom stereocenters. The third kappa shape index (κ3) is 1.93. The summed E-state index contributed by atoms with van der Waals surface area (Å²) >= 11 is 0. The molecule has 11 heavy (non-hydrogen) atoms. The summed E-state index contributed by atoms with van der Waals surface area (Å²) in [5, 5.41) is 0. The van der Waals surface area contributed by atoms with Crippen LogP contribution in [0.2, 0.25) is 0 Å². The molecule has 1 fully saturated rings. The molecule has 0 aromatic heterocycles. The molecule has 1 saturated carbocycles. The van der Waals surface area contributed by atoms with Crippen molar-refractivity contribution in [1.82, 2.24) is 0 Å². The number of esters is 1. The van der Waals surface area contributed by atoms with Crippen molar-refractivity contribution < 1.29 is 9.53 Å². The van der Waals surface area contributed by atoms with Gasteiger partial charge in [-0.15, -0.1) is 0 Å². The average Bonchev–Trinajstić information content (AvgIpc) is 1.94. The fraction of sp³-hybridized carbons (Fsp3) is 0.875. The second-order valence-corrected chi connectivity index (χ2v) is 3.13. The van der Waals surface area contributed by atoms with Gasteiger partial charge in [-0.25, -0.2) is 0 Å². The lowest BCUT2D eigenvalue weighted by Gasteiger charge is -2.32. The van der Waals surface area contributed by atoms with Gasteiger partial charge >= 0.3 is 5.97 Å². The van der Waals surface area contributed by atoms with E-state index in [0.29, 0.717) is 5.92 Å². The SMILES string of the molecule is COC(=O)C1CC(CCN)C1. The molecule has 0 radical (unpaired) electrons. The van der Waals surface area contributed by atoms with E-state index in [0.717, 1.165) is 25.8 Å². The van der Waals surface area contributed by atoms with Gasteiger partial charge in [-0.3, -0.25) is 4.79 Å². The van der Waals surface area contributed by atoms with E-state index in [1.165, 1.54) is 7.11 Å². The van der Waals surface area contributed by atoms with Crippen LogP contribution in [0.3, 0.4) is 0 Å². The van der Waals surface area contributed by atoms with Gasteiger partial charge in [0.1, 0.15) is 0 Å². The average molecular weight is 157 g/mol. The van der Waals surface area contributed by atoms with Crippen molar-refractivity contribution >= 4 is 5.97 Å². The van der Waals surface area contributed by atoms with Gasteiger partial charge in [0.15, 0.2) is 0 Å². The Morgan fingerprint density at radius 3 is 2.73 bits per heavy atom. The number of ether oxygens (including phenoxy) is 1. The summed E-state index contributed by atoms with van der Waals surface area (Å²) in [6, 6.07) is 0. The Morgan fingerprint density at radius 2 is 2.27 bits per heavy atom. The summed E-state index contributed by atoms with van der Waals surface area (Å²) in [6.45, 7) is 0.735. The number of hydrogen-bond donors (Lipinski definition) is 1. The second kappa shape index (κ2) is 3.72. The van der Waals surface area contributed by atoms with E-state index < -0.39 is 0 Å². The van der Waals surface area contributed by atoms with Gasteiger partial charge in [0.2, 0.25) is 0 Å². The first-order chi connectivity index (χ1) is 5.27. The highest BCUT2D eigenvalue weighted by molar-refractivity contribution is 5.73. The standard InChI is InChI=1S/C8H15NO2/c1-11-8(10)7-4-6(5-7)2-3-9/h6-7H,2-5,9H2,1H3. The molecule has 0 aromatic carbocycles. The summed E-state index contributed by atoms with van der Waals surface area (Å²) in [7, 11) is 1.44. The molecule has 0 spiro atoms. The highest BCUT2D eigenvalue weighted by atomic mass is 16.5. The molecule has 0 aromatic rings. The first-order valence-electron chi connectivity index (χ1n) is 4.05. The molecule has 1 aliphatic carbocycles. The van der Waals surface area contributed by atoms with Crippen LogP contribution < -0.4 is 5.73 Å². The number of carbonyl (C=O) groups excluding carboxylic acids is 1. The predicted octanol–water partition coefficient (Wildman–Crippen LogP) is 0.534. The molecule has 64 valence electrons. The largest absolute Gasteiger partial charge is 0.469 e. The van der Waals surface area contributed by atoms with Gasteiger partial charge in [0.25, 0.3) is 0 Å². The predicted molar refractivity (Wildman–Crippen MR) is 41.9 cm³/mol. The third-order valence-corrected chi connectivity index (χ3v) is 2.35. The van der Waals surface area contributed by atoms with E-state index in [4.69, 9.17) is 5.73 Å². The monoisotopic (exact) mass is 157 g/mol. The Bertz CT molecular complexity index is 141. The lowest BCUT2D eigenvalue weighted by atomic mass is 9.73. The number of nitrogens with two attached hydrogens (primary N) is 1. The Morgan fingerprint density at radius 1 is 1.64 bits per heavy atom. The van der Waals surface area contributed by atoms with E-state index in [9.17, 15) is 4.79 Å². The van der Waals surface area contributed by atoms with Crippen LogP contribution in [0, 0.1) is 11.8 Å². The molecule has 1 rings (SSSR count). The zero-order valence-corrected chi connectivity index (χ0v) is 6.88. The summed E-state index contributed by atoms with van der Waals surface area (Å²) < 4.78 is 4.61. The fourth-order valence-corrected chi connectivity index (χ4v) is 1.57. The van der Waals surface area contributed by atoms with Gasteiger partial charge in [-0.1, -0.05) is 0 Å². The minimum atomic E-state index is -0.0572. The topological polar surface area (TPSA) is 52.3 Å². The lowest BCUT2D eigenvalue weighted by molar-refractivity contribution is -0.150. The second-order valence-electron chi connectivity index (χ2n) is 3.13. The Kier molecular flexibility index (Phi) is 2.88. The van der Waals surface area contributed by atoms with Crippen LogP contribution in [0.15, 0.2) is 0 Å². The Balaban J connectivity index is 2.13. The van der Waals surface area contributed by atoms with Gasteiger partial charge in [0, 0.05) is 0 Å². The van der Waals surface area contributed by atoms with E-state index in [-0.39, 0.29) is 11.9 Å². The normalized spacial score (nSPS) is 29.3. The number of rotatable bonds is 3. The van der Waals surface area contributed by atoms with Crippen LogP contribution in [0.4, 0.5) is 0 Å². The van der Waals surface area contributed by atoms with Crippen molar-refractivity contribution in [2.24, 2.45) is 17.6 Å². The Labute approximate surface area is 66.9 Å². The van der Waals surface area contributed by atoms with Crippen LogP contribution >= 0.6 is 0 Å². The first kappa shape index (κ1) is 8.53.